The highest BCUT2D eigenvalue weighted by atomic mass is 16.4. The Morgan fingerprint density at radius 3 is 2.62 bits per heavy atom. The molecule has 3 aromatic rings. The molecule has 2 N–H and O–H groups in total. The van der Waals surface area contributed by atoms with Gasteiger partial charge in [0.1, 0.15) is 5.76 Å². The minimum absolute atomic E-state index is 0.0829. The topological polar surface area (TPSA) is 97.4 Å². The summed E-state index contributed by atoms with van der Waals surface area (Å²) in [5.41, 5.74) is 0.934. The smallest absolute Gasteiger partial charge is 0.239 e. The number of furan rings is 1. The fourth-order valence-corrected chi connectivity index (χ4v) is 2.31. The Morgan fingerprint density at radius 1 is 1.00 bits per heavy atom. The second kappa shape index (κ2) is 8.66. The number of carbonyl (C=O) groups is 2. The van der Waals surface area contributed by atoms with Gasteiger partial charge in [-0.05, 0) is 12.1 Å². The Bertz CT molecular complexity index is 841. The fraction of sp³-hybridized carbons (Fsp3) is 0.211. The van der Waals surface area contributed by atoms with E-state index in [1.807, 2.05) is 30.3 Å². The van der Waals surface area contributed by atoms with Crippen LogP contribution in [0.5, 0.6) is 0 Å². The normalized spacial score (nSPS) is 10.5. The van der Waals surface area contributed by atoms with Crippen LogP contribution in [0.4, 0.5) is 0 Å². The molecular weight excluding hydrogens is 334 g/mol. The van der Waals surface area contributed by atoms with Gasteiger partial charge in [0.2, 0.25) is 11.8 Å². The molecule has 1 aromatic carbocycles. The monoisotopic (exact) mass is 353 g/mol. The first-order valence-corrected chi connectivity index (χ1v) is 8.26. The van der Waals surface area contributed by atoms with Gasteiger partial charge in [-0.25, -0.2) is 4.98 Å². The van der Waals surface area contributed by atoms with E-state index < -0.39 is 0 Å². The summed E-state index contributed by atoms with van der Waals surface area (Å²) in [5, 5.41) is 5.23. The summed E-state index contributed by atoms with van der Waals surface area (Å²) >= 11 is 0. The maximum atomic E-state index is 11.9. The number of amides is 2. The summed E-state index contributed by atoms with van der Waals surface area (Å²) < 4.78 is 10.8. The van der Waals surface area contributed by atoms with Crippen molar-refractivity contribution < 1.29 is 18.4 Å². The summed E-state index contributed by atoms with van der Waals surface area (Å²) in [7, 11) is 0. The number of oxazole rings is 1. The first-order chi connectivity index (χ1) is 12.7. The van der Waals surface area contributed by atoms with Gasteiger partial charge in [-0.3, -0.25) is 9.59 Å². The van der Waals surface area contributed by atoms with Crippen LogP contribution in [0.15, 0.2) is 63.8 Å². The van der Waals surface area contributed by atoms with Crippen molar-refractivity contribution in [2.24, 2.45) is 0 Å². The van der Waals surface area contributed by atoms with Gasteiger partial charge in [-0.2, -0.15) is 0 Å². The molecule has 0 aliphatic heterocycles. The molecule has 0 bridgehead atoms. The van der Waals surface area contributed by atoms with Crippen molar-refractivity contribution in [1.29, 1.82) is 0 Å². The van der Waals surface area contributed by atoms with Crippen LogP contribution in [0.1, 0.15) is 18.1 Å². The predicted octanol–water partition coefficient (Wildman–Crippen LogP) is 2.30. The minimum atomic E-state index is -0.280. The van der Waals surface area contributed by atoms with Crippen LogP contribution in [0.2, 0.25) is 0 Å². The third-order valence-electron chi connectivity index (χ3n) is 3.66. The van der Waals surface area contributed by atoms with Gasteiger partial charge in [0.05, 0.1) is 25.5 Å². The molecule has 0 aliphatic carbocycles. The highest BCUT2D eigenvalue weighted by molar-refractivity contribution is 5.84. The van der Waals surface area contributed by atoms with Crippen molar-refractivity contribution in [3.8, 4) is 11.3 Å². The standard InChI is InChI=1S/C19H19N3O4/c23-17(21-13-18(24)20-11-15-7-4-10-25-15)8-9-19-22-12-16(26-19)14-5-2-1-3-6-14/h1-7,10,12H,8-9,11,13H2,(H,20,24)(H,21,23). The number of benzene rings is 1. The summed E-state index contributed by atoms with van der Waals surface area (Å²) in [6.45, 7) is 0.209. The van der Waals surface area contributed by atoms with Gasteiger partial charge in [0.15, 0.2) is 11.7 Å². The number of hydrogen-bond donors (Lipinski definition) is 2. The highest BCUT2D eigenvalue weighted by Gasteiger charge is 2.10. The van der Waals surface area contributed by atoms with E-state index in [0.29, 0.717) is 30.4 Å². The molecule has 0 fully saturated rings. The zero-order valence-corrected chi connectivity index (χ0v) is 14.1. The number of nitrogens with zero attached hydrogens (tertiary/aromatic N) is 1. The first kappa shape index (κ1) is 17.5. The Labute approximate surface area is 150 Å². The molecule has 0 aliphatic rings. The average Bonchev–Trinajstić information content (AvgIpc) is 3.35. The maximum Gasteiger partial charge on any atom is 0.239 e. The number of carbonyl (C=O) groups excluding carboxylic acids is 2. The lowest BCUT2D eigenvalue weighted by Crippen LogP contribution is -2.36. The third kappa shape index (κ3) is 5.07. The first-order valence-electron chi connectivity index (χ1n) is 8.26. The molecular formula is C19H19N3O4. The predicted molar refractivity (Wildman–Crippen MR) is 93.8 cm³/mol. The van der Waals surface area contributed by atoms with Crippen molar-refractivity contribution >= 4 is 11.8 Å². The number of nitrogens with one attached hydrogen (secondary N) is 2. The zero-order valence-electron chi connectivity index (χ0n) is 14.1. The van der Waals surface area contributed by atoms with E-state index in [-0.39, 0.29) is 24.8 Å². The second-order valence-corrected chi connectivity index (χ2v) is 5.62. The number of aromatic nitrogens is 1. The molecule has 7 nitrogen and oxygen atoms in total. The summed E-state index contributed by atoms with van der Waals surface area (Å²) in [6.07, 6.45) is 3.74. The molecule has 3 rings (SSSR count). The molecule has 0 spiro atoms. The number of rotatable bonds is 8. The molecule has 134 valence electrons. The van der Waals surface area contributed by atoms with Gasteiger partial charge in [0, 0.05) is 18.4 Å². The molecule has 7 heteroatoms. The van der Waals surface area contributed by atoms with Gasteiger partial charge >= 0.3 is 0 Å². The Balaban J connectivity index is 1.37. The van der Waals surface area contributed by atoms with Gasteiger partial charge in [0.25, 0.3) is 0 Å². The second-order valence-electron chi connectivity index (χ2n) is 5.62. The maximum absolute atomic E-state index is 11.9. The van der Waals surface area contributed by atoms with E-state index in [2.05, 4.69) is 15.6 Å². The lowest BCUT2D eigenvalue weighted by atomic mass is 10.2. The Hall–Kier alpha value is -3.35. The van der Waals surface area contributed by atoms with E-state index in [9.17, 15) is 9.59 Å². The van der Waals surface area contributed by atoms with Crippen LogP contribution in [0.25, 0.3) is 11.3 Å². The van der Waals surface area contributed by atoms with E-state index in [1.165, 1.54) is 6.26 Å². The molecule has 0 saturated carbocycles. The number of aryl methyl sites for hydroxylation is 1. The van der Waals surface area contributed by atoms with Crippen LogP contribution < -0.4 is 10.6 Å². The Kier molecular flexibility index (Phi) is 5.82. The summed E-state index contributed by atoms with van der Waals surface area (Å²) in [4.78, 5) is 27.7. The van der Waals surface area contributed by atoms with E-state index in [0.717, 1.165) is 5.56 Å². The third-order valence-corrected chi connectivity index (χ3v) is 3.66. The largest absolute Gasteiger partial charge is 0.467 e. The van der Waals surface area contributed by atoms with Crippen LogP contribution in [0.3, 0.4) is 0 Å². The molecule has 0 unspecified atom stereocenters. The molecule has 26 heavy (non-hydrogen) atoms. The van der Waals surface area contributed by atoms with Crippen molar-refractivity contribution in [3.05, 3.63) is 66.6 Å². The molecule has 0 saturated heterocycles. The average molecular weight is 353 g/mol. The number of hydrogen-bond acceptors (Lipinski definition) is 5. The van der Waals surface area contributed by atoms with Gasteiger partial charge in [-0.1, -0.05) is 30.3 Å². The lowest BCUT2D eigenvalue weighted by Gasteiger charge is -2.05. The lowest BCUT2D eigenvalue weighted by molar-refractivity contribution is -0.126. The van der Waals surface area contributed by atoms with Gasteiger partial charge < -0.3 is 19.5 Å². The van der Waals surface area contributed by atoms with E-state index >= 15 is 0 Å². The fourth-order valence-electron chi connectivity index (χ4n) is 2.31. The summed E-state index contributed by atoms with van der Waals surface area (Å²) in [6, 6.07) is 13.1. The van der Waals surface area contributed by atoms with Crippen molar-refractivity contribution in [2.75, 3.05) is 6.54 Å². The van der Waals surface area contributed by atoms with Gasteiger partial charge in [-0.15, -0.1) is 0 Å². The van der Waals surface area contributed by atoms with Crippen LogP contribution in [0, 0.1) is 0 Å². The summed E-state index contributed by atoms with van der Waals surface area (Å²) in [5.74, 6) is 1.29. The van der Waals surface area contributed by atoms with Crippen molar-refractivity contribution in [3.63, 3.8) is 0 Å². The van der Waals surface area contributed by atoms with Crippen LogP contribution in [-0.4, -0.2) is 23.3 Å². The molecule has 0 atom stereocenters. The minimum Gasteiger partial charge on any atom is -0.467 e. The highest BCUT2D eigenvalue weighted by Crippen LogP contribution is 2.20. The van der Waals surface area contributed by atoms with Crippen molar-refractivity contribution in [2.45, 2.75) is 19.4 Å². The quantitative estimate of drug-likeness (QED) is 0.648. The molecule has 0 radical (unpaired) electrons. The molecule has 2 heterocycles. The van der Waals surface area contributed by atoms with Crippen molar-refractivity contribution in [1.82, 2.24) is 15.6 Å². The molecule has 2 aromatic heterocycles. The van der Waals surface area contributed by atoms with E-state index in [1.54, 1.807) is 18.3 Å². The zero-order chi connectivity index (χ0) is 18.2. The van der Waals surface area contributed by atoms with Crippen LogP contribution in [-0.2, 0) is 22.6 Å². The molecule has 2 amide bonds. The van der Waals surface area contributed by atoms with E-state index in [4.69, 9.17) is 8.83 Å². The van der Waals surface area contributed by atoms with Crippen LogP contribution >= 0.6 is 0 Å². The Morgan fingerprint density at radius 2 is 1.85 bits per heavy atom. The SMILES string of the molecule is O=C(CCc1ncc(-c2ccccc2)o1)NCC(=O)NCc1ccco1.